The third kappa shape index (κ3) is 3.76. The molecule has 25 heavy (non-hydrogen) atoms. The quantitative estimate of drug-likeness (QED) is 0.814. The highest BCUT2D eigenvalue weighted by Gasteiger charge is 2.24. The van der Waals surface area contributed by atoms with Crippen molar-refractivity contribution in [3.05, 3.63) is 52.9 Å². The lowest BCUT2D eigenvalue weighted by molar-refractivity contribution is -0.132. The third-order valence-electron chi connectivity index (χ3n) is 3.98. The van der Waals surface area contributed by atoms with Crippen LogP contribution in [0.5, 0.6) is 17.2 Å². The molecule has 0 N–H and O–H groups in total. The van der Waals surface area contributed by atoms with Crippen molar-refractivity contribution in [2.24, 2.45) is 0 Å². The SMILES string of the molecule is COc1cccn(CC(=O)N(C)C[C@H]2COc3ccccc3O2)c1=O. The first-order valence-electron chi connectivity index (χ1n) is 7.94. The zero-order valence-corrected chi connectivity index (χ0v) is 14.2. The summed E-state index contributed by atoms with van der Waals surface area (Å²) >= 11 is 0. The molecule has 7 heteroatoms. The van der Waals surface area contributed by atoms with Crippen LogP contribution in [0.1, 0.15) is 0 Å². The predicted molar refractivity (Wildman–Crippen MR) is 91.2 cm³/mol. The van der Waals surface area contributed by atoms with Crippen LogP contribution in [0.3, 0.4) is 0 Å². The molecular formula is C18H20N2O5. The zero-order chi connectivity index (χ0) is 17.8. The van der Waals surface area contributed by atoms with E-state index in [0.29, 0.717) is 24.7 Å². The normalized spacial score (nSPS) is 15.5. The van der Waals surface area contributed by atoms with Gasteiger partial charge in [0.05, 0.1) is 13.7 Å². The molecule has 0 spiro atoms. The van der Waals surface area contributed by atoms with Crippen molar-refractivity contribution in [1.29, 1.82) is 0 Å². The van der Waals surface area contributed by atoms with Gasteiger partial charge in [-0.05, 0) is 24.3 Å². The number of benzene rings is 1. The second kappa shape index (κ2) is 7.29. The van der Waals surface area contributed by atoms with Gasteiger partial charge in [-0.15, -0.1) is 0 Å². The number of methoxy groups -OCH3 is 1. The first-order valence-corrected chi connectivity index (χ1v) is 7.94. The topological polar surface area (TPSA) is 70.0 Å². The number of aromatic nitrogens is 1. The fourth-order valence-corrected chi connectivity index (χ4v) is 2.62. The van der Waals surface area contributed by atoms with Gasteiger partial charge < -0.3 is 23.7 Å². The van der Waals surface area contributed by atoms with Crippen LogP contribution in [-0.2, 0) is 11.3 Å². The van der Waals surface area contributed by atoms with Crippen LogP contribution >= 0.6 is 0 Å². The zero-order valence-electron chi connectivity index (χ0n) is 14.2. The Balaban J connectivity index is 1.61. The molecule has 2 aromatic rings. The standard InChI is InChI=1S/C18H20N2O5/c1-19(10-13-12-24-14-6-3-4-7-15(14)25-13)17(21)11-20-9-5-8-16(23-2)18(20)22/h3-9,13H,10-12H2,1-2H3/t13-/m0/s1. The maximum Gasteiger partial charge on any atom is 0.293 e. The summed E-state index contributed by atoms with van der Waals surface area (Å²) in [6, 6.07) is 10.7. The summed E-state index contributed by atoms with van der Waals surface area (Å²) in [7, 11) is 3.10. The predicted octanol–water partition coefficient (Wildman–Crippen LogP) is 1.16. The van der Waals surface area contributed by atoms with E-state index in [9.17, 15) is 9.59 Å². The molecule has 1 amide bonds. The summed E-state index contributed by atoms with van der Waals surface area (Å²) in [6.45, 7) is 0.677. The molecular weight excluding hydrogens is 324 g/mol. The van der Waals surface area contributed by atoms with Crippen LogP contribution in [0.25, 0.3) is 0 Å². The van der Waals surface area contributed by atoms with Crippen molar-refractivity contribution in [2.75, 3.05) is 27.3 Å². The van der Waals surface area contributed by atoms with E-state index in [1.165, 1.54) is 16.6 Å². The van der Waals surface area contributed by atoms with Gasteiger partial charge >= 0.3 is 0 Å². The number of ether oxygens (including phenoxy) is 3. The third-order valence-corrected chi connectivity index (χ3v) is 3.98. The Bertz CT molecular complexity index is 817. The molecule has 3 rings (SSSR count). The van der Waals surface area contributed by atoms with E-state index in [-0.39, 0.29) is 29.9 Å². The molecule has 1 aromatic carbocycles. The molecule has 132 valence electrons. The van der Waals surface area contributed by atoms with Gasteiger partial charge in [0.1, 0.15) is 13.2 Å². The molecule has 2 heterocycles. The Labute approximate surface area is 145 Å². The number of carbonyl (C=O) groups is 1. The van der Waals surface area contributed by atoms with Gasteiger partial charge in [-0.25, -0.2) is 0 Å². The molecule has 0 radical (unpaired) electrons. The summed E-state index contributed by atoms with van der Waals surface area (Å²) in [5.41, 5.74) is -0.335. The highest BCUT2D eigenvalue weighted by molar-refractivity contribution is 5.75. The summed E-state index contributed by atoms with van der Waals surface area (Å²) in [4.78, 5) is 26.1. The Morgan fingerprint density at radius 3 is 2.80 bits per heavy atom. The van der Waals surface area contributed by atoms with Gasteiger partial charge in [-0.2, -0.15) is 0 Å². The van der Waals surface area contributed by atoms with Crippen LogP contribution in [0.2, 0.25) is 0 Å². The fourth-order valence-electron chi connectivity index (χ4n) is 2.62. The minimum absolute atomic E-state index is 0.0588. The fraction of sp³-hybridized carbons (Fsp3) is 0.333. The van der Waals surface area contributed by atoms with Gasteiger partial charge in [-0.3, -0.25) is 9.59 Å². The number of hydrogen-bond acceptors (Lipinski definition) is 5. The van der Waals surface area contributed by atoms with Crippen LogP contribution in [-0.4, -0.2) is 48.8 Å². The van der Waals surface area contributed by atoms with Gasteiger partial charge in [0.15, 0.2) is 23.4 Å². The lowest BCUT2D eigenvalue weighted by atomic mass is 10.2. The lowest BCUT2D eigenvalue weighted by Crippen LogP contribution is -2.43. The lowest BCUT2D eigenvalue weighted by Gasteiger charge is -2.29. The number of para-hydroxylation sites is 2. The molecule has 0 saturated heterocycles. The van der Waals surface area contributed by atoms with E-state index in [1.54, 1.807) is 25.4 Å². The average Bonchev–Trinajstić information content (AvgIpc) is 2.63. The number of amides is 1. The number of carbonyl (C=O) groups excluding carboxylic acids is 1. The molecule has 7 nitrogen and oxygen atoms in total. The largest absolute Gasteiger partial charge is 0.491 e. The van der Waals surface area contributed by atoms with Crippen LogP contribution in [0.4, 0.5) is 0 Å². The van der Waals surface area contributed by atoms with Gasteiger partial charge in [0.2, 0.25) is 5.91 Å². The highest BCUT2D eigenvalue weighted by atomic mass is 16.6. The smallest absolute Gasteiger partial charge is 0.293 e. The molecule has 0 aliphatic carbocycles. The van der Waals surface area contributed by atoms with Gasteiger partial charge in [0, 0.05) is 13.2 Å². The maximum atomic E-state index is 12.4. The van der Waals surface area contributed by atoms with Crippen LogP contribution in [0, 0.1) is 0 Å². The summed E-state index contributed by atoms with van der Waals surface area (Å²) in [5.74, 6) is 1.38. The molecule has 0 bridgehead atoms. The Morgan fingerprint density at radius 1 is 1.28 bits per heavy atom. The second-order valence-electron chi connectivity index (χ2n) is 5.78. The van der Waals surface area contributed by atoms with E-state index in [1.807, 2.05) is 24.3 Å². The second-order valence-corrected chi connectivity index (χ2v) is 5.78. The van der Waals surface area contributed by atoms with Crippen molar-refractivity contribution in [2.45, 2.75) is 12.6 Å². The Hall–Kier alpha value is -2.96. The van der Waals surface area contributed by atoms with Gasteiger partial charge in [0.25, 0.3) is 5.56 Å². The highest BCUT2D eigenvalue weighted by Crippen LogP contribution is 2.30. The number of nitrogens with zero attached hydrogens (tertiary/aromatic N) is 2. The number of pyridine rings is 1. The Kier molecular flexibility index (Phi) is 4.92. The van der Waals surface area contributed by atoms with Gasteiger partial charge in [-0.1, -0.05) is 12.1 Å². The molecule has 1 aliphatic heterocycles. The number of fused-ring (bicyclic) bond motifs is 1. The molecule has 1 aromatic heterocycles. The van der Waals surface area contributed by atoms with E-state index in [4.69, 9.17) is 14.2 Å². The number of likely N-dealkylation sites (N-methyl/N-ethyl adjacent to an activating group) is 1. The van der Waals surface area contributed by atoms with Crippen molar-refractivity contribution in [3.8, 4) is 17.2 Å². The van der Waals surface area contributed by atoms with E-state index >= 15 is 0 Å². The monoisotopic (exact) mass is 344 g/mol. The van der Waals surface area contributed by atoms with Crippen LogP contribution in [0.15, 0.2) is 47.4 Å². The summed E-state index contributed by atoms with van der Waals surface area (Å²) in [6.07, 6.45) is 1.30. The average molecular weight is 344 g/mol. The molecule has 1 aliphatic rings. The van der Waals surface area contributed by atoms with Crippen LogP contribution < -0.4 is 19.8 Å². The number of rotatable bonds is 5. The van der Waals surface area contributed by atoms with E-state index < -0.39 is 0 Å². The summed E-state index contributed by atoms with van der Waals surface area (Å²) in [5, 5.41) is 0. The van der Waals surface area contributed by atoms with Crippen molar-refractivity contribution >= 4 is 5.91 Å². The van der Waals surface area contributed by atoms with Crippen molar-refractivity contribution in [1.82, 2.24) is 9.47 Å². The first kappa shape index (κ1) is 16.9. The minimum Gasteiger partial charge on any atom is -0.491 e. The maximum absolute atomic E-state index is 12.4. The molecule has 1 atom stereocenters. The molecule has 0 saturated carbocycles. The van der Waals surface area contributed by atoms with Crippen molar-refractivity contribution in [3.63, 3.8) is 0 Å². The first-order chi connectivity index (χ1) is 12.1. The van der Waals surface area contributed by atoms with Crippen molar-refractivity contribution < 1.29 is 19.0 Å². The molecule has 0 unspecified atom stereocenters. The number of hydrogen-bond donors (Lipinski definition) is 0. The Morgan fingerprint density at radius 2 is 2.04 bits per heavy atom. The minimum atomic E-state index is -0.335. The van der Waals surface area contributed by atoms with E-state index in [2.05, 4.69) is 0 Å². The summed E-state index contributed by atoms with van der Waals surface area (Å²) < 4.78 is 17.8. The molecule has 0 fully saturated rings. The van der Waals surface area contributed by atoms with E-state index in [0.717, 1.165) is 0 Å².